The Labute approximate surface area is 104 Å². The molecule has 0 unspecified atom stereocenters. The van der Waals surface area contributed by atoms with Crippen LogP contribution in [0, 0.1) is 0 Å². The third kappa shape index (κ3) is 2.51. The van der Waals surface area contributed by atoms with E-state index in [-0.39, 0.29) is 12.4 Å². The van der Waals surface area contributed by atoms with Crippen LogP contribution >= 0.6 is 28.3 Å². The highest BCUT2D eigenvalue weighted by Crippen LogP contribution is 2.27. The lowest BCUT2D eigenvalue weighted by Crippen LogP contribution is -2.03. The molecule has 0 spiro atoms. The number of nitrogens with two attached hydrogens (primary N) is 1. The average Bonchev–Trinajstić information content (AvgIpc) is 2.19. The monoisotopic (exact) mass is 285 g/mol. The van der Waals surface area contributed by atoms with Gasteiger partial charge in [0.05, 0.1) is 0 Å². The van der Waals surface area contributed by atoms with Crippen LogP contribution < -0.4 is 5.73 Å². The van der Waals surface area contributed by atoms with E-state index in [4.69, 9.17) is 5.73 Å². The van der Waals surface area contributed by atoms with Crippen molar-refractivity contribution in [3.8, 4) is 0 Å². The van der Waals surface area contributed by atoms with Crippen LogP contribution in [0.3, 0.4) is 0 Å². The van der Waals surface area contributed by atoms with Gasteiger partial charge in [0, 0.05) is 4.47 Å². The first kappa shape index (κ1) is 12.5. The predicted molar refractivity (Wildman–Crippen MR) is 71.7 cm³/mol. The fourth-order valence-corrected chi connectivity index (χ4v) is 2.37. The maximum Gasteiger partial charge on any atom is 0.0256 e. The van der Waals surface area contributed by atoms with E-state index < -0.39 is 0 Å². The van der Waals surface area contributed by atoms with Crippen molar-refractivity contribution in [3.05, 3.63) is 46.4 Å². The van der Waals surface area contributed by atoms with Gasteiger partial charge >= 0.3 is 0 Å². The van der Waals surface area contributed by atoms with Gasteiger partial charge in [-0.15, -0.1) is 12.4 Å². The van der Waals surface area contributed by atoms with E-state index in [2.05, 4.69) is 52.3 Å². The van der Waals surface area contributed by atoms with Gasteiger partial charge in [-0.2, -0.15) is 0 Å². The van der Waals surface area contributed by atoms with Crippen molar-refractivity contribution in [3.63, 3.8) is 0 Å². The Bertz CT molecular complexity index is 451. The Morgan fingerprint density at radius 3 is 2.40 bits per heavy atom. The molecule has 0 aliphatic rings. The van der Waals surface area contributed by atoms with E-state index in [0.29, 0.717) is 6.54 Å². The van der Waals surface area contributed by atoms with E-state index in [1.807, 2.05) is 0 Å². The summed E-state index contributed by atoms with van der Waals surface area (Å²) in [6.45, 7) is 0.695. The standard InChI is InChI=1S/C12H12BrN.ClH/c13-11-6-2-5-9-3-1-4-10(7-8-14)12(9)11;/h1-6H,7-8,14H2;1H. The van der Waals surface area contributed by atoms with Gasteiger partial charge in [-0.1, -0.05) is 46.3 Å². The minimum Gasteiger partial charge on any atom is -0.330 e. The molecule has 80 valence electrons. The molecule has 0 atom stereocenters. The van der Waals surface area contributed by atoms with Crippen LogP contribution in [0.25, 0.3) is 10.8 Å². The van der Waals surface area contributed by atoms with Crippen LogP contribution in [-0.2, 0) is 6.42 Å². The van der Waals surface area contributed by atoms with Gasteiger partial charge in [-0.05, 0) is 35.4 Å². The maximum atomic E-state index is 5.59. The Balaban J connectivity index is 0.00000112. The second-order valence-corrected chi connectivity index (χ2v) is 4.15. The van der Waals surface area contributed by atoms with Gasteiger partial charge in [0.2, 0.25) is 0 Å². The van der Waals surface area contributed by atoms with Crippen LogP contribution in [-0.4, -0.2) is 6.54 Å². The molecule has 2 rings (SSSR count). The molecule has 0 radical (unpaired) electrons. The molecule has 2 aromatic rings. The molecule has 0 saturated carbocycles. The molecule has 15 heavy (non-hydrogen) atoms. The molecule has 2 aromatic carbocycles. The second-order valence-electron chi connectivity index (χ2n) is 3.29. The van der Waals surface area contributed by atoms with Crippen molar-refractivity contribution >= 4 is 39.1 Å². The molecule has 0 bridgehead atoms. The number of fused-ring (bicyclic) bond motifs is 1. The molecule has 0 amide bonds. The summed E-state index contributed by atoms with van der Waals surface area (Å²) in [4.78, 5) is 0. The molecule has 3 heteroatoms. The van der Waals surface area contributed by atoms with Gasteiger partial charge in [-0.25, -0.2) is 0 Å². The Hall–Kier alpha value is -0.570. The Morgan fingerprint density at radius 1 is 1.07 bits per heavy atom. The van der Waals surface area contributed by atoms with Gasteiger partial charge in [-0.3, -0.25) is 0 Å². The number of benzene rings is 2. The van der Waals surface area contributed by atoms with Gasteiger partial charge in [0.15, 0.2) is 0 Å². The predicted octanol–water partition coefficient (Wildman–Crippen LogP) is 3.53. The largest absolute Gasteiger partial charge is 0.330 e. The normalized spacial score (nSPS) is 10.0. The SMILES string of the molecule is Cl.NCCc1cccc2cccc(Br)c12. The van der Waals surface area contributed by atoms with Crippen molar-refractivity contribution in [1.82, 2.24) is 0 Å². The zero-order valence-corrected chi connectivity index (χ0v) is 10.6. The third-order valence-corrected chi connectivity index (χ3v) is 3.01. The number of hydrogen-bond donors (Lipinski definition) is 1. The number of rotatable bonds is 2. The number of halogens is 2. The average molecular weight is 287 g/mol. The molecule has 0 heterocycles. The first-order valence-corrected chi connectivity index (χ1v) is 5.48. The minimum atomic E-state index is 0. The molecule has 0 aliphatic heterocycles. The van der Waals surface area contributed by atoms with Crippen LogP contribution in [0.2, 0.25) is 0 Å². The summed E-state index contributed by atoms with van der Waals surface area (Å²) in [5.74, 6) is 0. The molecule has 0 aromatic heterocycles. The summed E-state index contributed by atoms with van der Waals surface area (Å²) in [7, 11) is 0. The summed E-state index contributed by atoms with van der Waals surface area (Å²) in [6.07, 6.45) is 0.931. The highest BCUT2D eigenvalue weighted by Gasteiger charge is 2.02. The lowest BCUT2D eigenvalue weighted by Gasteiger charge is -2.06. The van der Waals surface area contributed by atoms with Gasteiger partial charge in [0.1, 0.15) is 0 Å². The zero-order chi connectivity index (χ0) is 9.97. The topological polar surface area (TPSA) is 26.0 Å². The molecule has 0 aliphatic carbocycles. The van der Waals surface area contributed by atoms with Crippen molar-refractivity contribution in [2.45, 2.75) is 6.42 Å². The Morgan fingerprint density at radius 2 is 1.73 bits per heavy atom. The van der Waals surface area contributed by atoms with Gasteiger partial charge in [0.25, 0.3) is 0 Å². The van der Waals surface area contributed by atoms with Crippen LogP contribution in [0.4, 0.5) is 0 Å². The smallest absolute Gasteiger partial charge is 0.0256 e. The molecular weight excluding hydrogens is 273 g/mol. The van der Waals surface area contributed by atoms with Crippen molar-refractivity contribution < 1.29 is 0 Å². The zero-order valence-electron chi connectivity index (χ0n) is 8.24. The minimum absolute atomic E-state index is 0. The quantitative estimate of drug-likeness (QED) is 0.898. The molecule has 1 nitrogen and oxygen atoms in total. The Kier molecular flexibility index (Phi) is 4.58. The molecular formula is C12H13BrClN. The molecule has 2 N–H and O–H groups in total. The molecule has 0 saturated heterocycles. The van der Waals surface area contributed by atoms with E-state index in [0.717, 1.165) is 10.9 Å². The molecule has 0 fully saturated rings. The van der Waals surface area contributed by atoms with Crippen LogP contribution in [0.1, 0.15) is 5.56 Å². The van der Waals surface area contributed by atoms with Crippen molar-refractivity contribution in [1.29, 1.82) is 0 Å². The van der Waals surface area contributed by atoms with Crippen LogP contribution in [0.15, 0.2) is 40.9 Å². The summed E-state index contributed by atoms with van der Waals surface area (Å²) in [6, 6.07) is 12.6. The second kappa shape index (κ2) is 5.50. The van der Waals surface area contributed by atoms with Crippen molar-refractivity contribution in [2.75, 3.05) is 6.54 Å². The summed E-state index contributed by atoms with van der Waals surface area (Å²) < 4.78 is 1.15. The van der Waals surface area contributed by atoms with E-state index in [1.165, 1.54) is 16.3 Å². The van der Waals surface area contributed by atoms with Gasteiger partial charge < -0.3 is 5.73 Å². The first-order valence-electron chi connectivity index (χ1n) is 4.69. The van der Waals surface area contributed by atoms with E-state index in [1.54, 1.807) is 0 Å². The maximum absolute atomic E-state index is 5.59. The number of hydrogen-bond acceptors (Lipinski definition) is 1. The lowest BCUT2D eigenvalue weighted by molar-refractivity contribution is 0.977. The summed E-state index contributed by atoms with van der Waals surface area (Å²) in [5.41, 5.74) is 6.90. The summed E-state index contributed by atoms with van der Waals surface area (Å²) >= 11 is 3.58. The fourth-order valence-electron chi connectivity index (χ4n) is 1.73. The fraction of sp³-hybridized carbons (Fsp3) is 0.167. The highest BCUT2D eigenvalue weighted by atomic mass is 79.9. The van der Waals surface area contributed by atoms with E-state index >= 15 is 0 Å². The first-order chi connectivity index (χ1) is 6.83. The van der Waals surface area contributed by atoms with E-state index in [9.17, 15) is 0 Å². The van der Waals surface area contributed by atoms with Crippen molar-refractivity contribution in [2.24, 2.45) is 5.73 Å². The highest BCUT2D eigenvalue weighted by molar-refractivity contribution is 9.10. The third-order valence-electron chi connectivity index (χ3n) is 2.35. The van der Waals surface area contributed by atoms with Crippen LogP contribution in [0.5, 0.6) is 0 Å². The lowest BCUT2D eigenvalue weighted by atomic mass is 10.0. The summed E-state index contributed by atoms with van der Waals surface area (Å²) in [5, 5.41) is 2.56.